The number of nitrogens with zero attached hydrogens (tertiary/aromatic N) is 1. The summed E-state index contributed by atoms with van der Waals surface area (Å²) in [5.41, 5.74) is 0.317. The molecule has 7 heteroatoms. The van der Waals surface area contributed by atoms with Crippen LogP contribution in [0.3, 0.4) is 0 Å². The van der Waals surface area contributed by atoms with Gasteiger partial charge in [-0.3, -0.25) is 4.90 Å². The van der Waals surface area contributed by atoms with Crippen molar-refractivity contribution in [3.8, 4) is 0 Å². The largest absolute Gasteiger partial charge is 0.465 e. The van der Waals surface area contributed by atoms with Crippen LogP contribution < -0.4 is 10.6 Å². The van der Waals surface area contributed by atoms with Crippen molar-refractivity contribution in [3.05, 3.63) is 35.9 Å². The number of piperidine rings is 1. The molecule has 1 fully saturated rings. The van der Waals surface area contributed by atoms with Crippen LogP contribution in [0, 0.1) is 0 Å². The van der Waals surface area contributed by atoms with Gasteiger partial charge in [0.15, 0.2) is 0 Å². The van der Waals surface area contributed by atoms with Crippen molar-refractivity contribution in [2.24, 2.45) is 0 Å². The molecule has 1 aliphatic rings. The topological polar surface area (TPSA) is 90.9 Å². The molecule has 1 heterocycles. The molecule has 2 amide bonds. The van der Waals surface area contributed by atoms with E-state index in [9.17, 15) is 14.7 Å². The van der Waals surface area contributed by atoms with Gasteiger partial charge >= 0.3 is 12.2 Å². The van der Waals surface area contributed by atoms with Crippen LogP contribution in [0.5, 0.6) is 0 Å². The molecular weight excluding hydrogens is 322 g/mol. The molecule has 2 rings (SSSR count). The normalized spacial score (nSPS) is 20.6. The molecule has 2 atom stereocenters. The third-order valence-electron chi connectivity index (χ3n) is 3.99. The molecule has 25 heavy (non-hydrogen) atoms. The highest BCUT2D eigenvalue weighted by atomic mass is 16.6. The summed E-state index contributed by atoms with van der Waals surface area (Å²) in [7, 11) is 0. The number of rotatable bonds is 4. The summed E-state index contributed by atoms with van der Waals surface area (Å²) >= 11 is 0. The van der Waals surface area contributed by atoms with Crippen LogP contribution in [-0.4, -0.2) is 53.0 Å². The summed E-state index contributed by atoms with van der Waals surface area (Å²) < 4.78 is 5.30. The summed E-state index contributed by atoms with van der Waals surface area (Å²) in [5.74, 6) is 0. The number of ether oxygens (including phenoxy) is 1. The smallest absolute Gasteiger partial charge is 0.407 e. The summed E-state index contributed by atoms with van der Waals surface area (Å²) in [6, 6.07) is 8.80. The van der Waals surface area contributed by atoms with E-state index in [4.69, 9.17) is 4.74 Å². The van der Waals surface area contributed by atoms with Gasteiger partial charge in [-0.05, 0) is 39.3 Å². The number of nitrogens with one attached hydrogen (secondary N) is 2. The SMILES string of the molecule is CC(C)(C)OC(=O)N[C@H]1CNCC[C@H]1N(Cc1ccccc1)C(=O)O. The van der Waals surface area contributed by atoms with Gasteiger partial charge in [0.05, 0.1) is 12.1 Å². The fourth-order valence-electron chi connectivity index (χ4n) is 2.93. The van der Waals surface area contributed by atoms with Gasteiger partial charge in [-0.1, -0.05) is 30.3 Å². The monoisotopic (exact) mass is 349 g/mol. The number of alkyl carbamates (subject to hydrolysis) is 1. The van der Waals surface area contributed by atoms with Gasteiger partial charge in [0.25, 0.3) is 0 Å². The Morgan fingerprint density at radius 3 is 2.60 bits per heavy atom. The molecule has 1 saturated heterocycles. The highest BCUT2D eigenvalue weighted by Gasteiger charge is 2.34. The van der Waals surface area contributed by atoms with Crippen LogP contribution in [0.15, 0.2) is 30.3 Å². The lowest BCUT2D eigenvalue weighted by molar-refractivity contribution is 0.0425. The quantitative estimate of drug-likeness (QED) is 0.776. The zero-order valence-electron chi connectivity index (χ0n) is 15.0. The van der Waals surface area contributed by atoms with Crippen LogP contribution in [0.2, 0.25) is 0 Å². The van der Waals surface area contributed by atoms with E-state index in [0.29, 0.717) is 19.5 Å². The van der Waals surface area contributed by atoms with Crippen molar-refractivity contribution in [1.82, 2.24) is 15.5 Å². The van der Waals surface area contributed by atoms with E-state index in [1.807, 2.05) is 30.3 Å². The Labute approximate surface area is 148 Å². The molecule has 0 bridgehead atoms. The number of carbonyl (C=O) groups is 2. The standard InChI is InChI=1S/C18H27N3O4/c1-18(2,3)25-16(22)20-14-11-19-10-9-15(14)21(17(23)24)12-13-7-5-4-6-8-13/h4-8,14-15,19H,9-12H2,1-3H3,(H,20,22)(H,23,24)/t14-,15+/m0/s1. The highest BCUT2D eigenvalue weighted by molar-refractivity contribution is 5.69. The Morgan fingerprint density at radius 2 is 2.00 bits per heavy atom. The fraction of sp³-hybridized carbons (Fsp3) is 0.556. The maximum Gasteiger partial charge on any atom is 0.407 e. The van der Waals surface area contributed by atoms with Gasteiger partial charge in [0.1, 0.15) is 5.60 Å². The van der Waals surface area contributed by atoms with Gasteiger partial charge in [0, 0.05) is 13.1 Å². The lowest BCUT2D eigenvalue weighted by atomic mass is 9.98. The van der Waals surface area contributed by atoms with Crippen molar-refractivity contribution in [3.63, 3.8) is 0 Å². The van der Waals surface area contributed by atoms with Crippen molar-refractivity contribution >= 4 is 12.2 Å². The fourth-order valence-corrected chi connectivity index (χ4v) is 2.93. The molecule has 0 saturated carbocycles. The Balaban J connectivity index is 2.10. The van der Waals surface area contributed by atoms with E-state index in [-0.39, 0.29) is 18.6 Å². The van der Waals surface area contributed by atoms with E-state index < -0.39 is 17.8 Å². The van der Waals surface area contributed by atoms with Gasteiger partial charge in [-0.2, -0.15) is 0 Å². The third-order valence-corrected chi connectivity index (χ3v) is 3.99. The zero-order chi connectivity index (χ0) is 18.4. The van der Waals surface area contributed by atoms with Crippen LogP contribution in [0.1, 0.15) is 32.8 Å². The Bertz CT molecular complexity index is 586. The maximum absolute atomic E-state index is 12.1. The number of hydrogen-bond donors (Lipinski definition) is 3. The average molecular weight is 349 g/mol. The highest BCUT2D eigenvalue weighted by Crippen LogP contribution is 2.17. The minimum absolute atomic E-state index is 0.285. The second-order valence-electron chi connectivity index (χ2n) is 7.21. The molecule has 0 aromatic heterocycles. The summed E-state index contributed by atoms with van der Waals surface area (Å²) in [5, 5.41) is 15.7. The minimum atomic E-state index is -0.994. The Morgan fingerprint density at radius 1 is 1.32 bits per heavy atom. The van der Waals surface area contributed by atoms with Gasteiger partial charge in [-0.25, -0.2) is 9.59 Å². The van der Waals surface area contributed by atoms with E-state index in [1.165, 1.54) is 4.90 Å². The third kappa shape index (κ3) is 5.94. The first-order valence-corrected chi connectivity index (χ1v) is 8.50. The molecule has 0 radical (unpaired) electrons. The molecular formula is C18H27N3O4. The first kappa shape index (κ1) is 19.1. The second-order valence-corrected chi connectivity index (χ2v) is 7.21. The minimum Gasteiger partial charge on any atom is -0.465 e. The first-order valence-electron chi connectivity index (χ1n) is 8.50. The lowest BCUT2D eigenvalue weighted by Crippen LogP contribution is -2.60. The lowest BCUT2D eigenvalue weighted by Gasteiger charge is -2.39. The number of benzene rings is 1. The molecule has 1 aliphatic heterocycles. The number of hydrogen-bond acceptors (Lipinski definition) is 4. The maximum atomic E-state index is 12.1. The summed E-state index contributed by atoms with van der Waals surface area (Å²) in [6.45, 7) is 6.87. The predicted molar refractivity (Wildman–Crippen MR) is 94.4 cm³/mol. The van der Waals surface area contributed by atoms with Crippen molar-refractivity contribution < 1.29 is 19.4 Å². The van der Waals surface area contributed by atoms with E-state index >= 15 is 0 Å². The number of carboxylic acid groups (broad SMARTS) is 1. The van der Waals surface area contributed by atoms with Crippen LogP contribution in [-0.2, 0) is 11.3 Å². The average Bonchev–Trinajstić information content (AvgIpc) is 2.52. The first-order chi connectivity index (χ1) is 11.8. The molecule has 1 aromatic rings. The molecule has 0 unspecified atom stereocenters. The van der Waals surface area contributed by atoms with Crippen molar-refractivity contribution in [2.75, 3.05) is 13.1 Å². The van der Waals surface area contributed by atoms with Crippen LogP contribution in [0.25, 0.3) is 0 Å². The van der Waals surface area contributed by atoms with E-state index in [2.05, 4.69) is 10.6 Å². The van der Waals surface area contributed by atoms with E-state index in [0.717, 1.165) is 5.56 Å². The second kappa shape index (κ2) is 8.20. The summed E-state index contributed by atoms with van der Waals surface area (Å²) in [4.78, 5) is 25.3. The predicted octanol–water partition coefficient (Wildman–Crippen LogP) is 2.42. The number of amides is 2. The Hall–Kier alpha value is -2.28. The molecule has 3 N–H and O–H groups in total. The van der Waals surface area contributed by atoms with Crippen molar-refractivity contribution in [1.29, 1.82) is 0 Å². The molecule has 7 nitrogen and oxygen atoms in total. The molecule has 1 aromatic carbocycles. The van der Waals surface area contributed by atoms with Crippen molar-refractivity contribution in [2.45, 2.75) is 51.4 Å². The van der Waals surface area contributed by atoms with Crippen LogP contribution in [0.4, 0.5) is 9.59 Å². The molecule has 138 valence electrons. The Kier molecular flexibility index (Phi) is 6.25. The number of carbonyl (C=O) groups excluding carboxylic acids is 1. The zero-order valence-corrected chi connectivity index (χ0v) is 15.0. The molecule has 0 spiro atoms. The van der Waals surface area contributed by atoms with E-state index in [1.54, 1.807) is 20.8 Å². The van der Waals surface area contributed by atoms with Gasteiger partial charge in [0.2, 0.25) is 0 Å². The van der Waals surface area contributed by atoms with Gasteiger partial charge < -0.3 is 20.5 Å². The summed E-state index contributed by atoms with van der Waals surface area (Å²) in [6.07, 6.45) is -0.900. The van der Waals surface area contributed by atoms with Crippen LogP contribution >= 0.6 is 0 Å². The molecule has 0 aliphatic carbocycles. The van der Waals surface area contributed by atoms with Gasteiger partial charge in [-0.15, -0.1) is 0 Å².